The molecule has 4 aliphatic heterocycles. The number of Topliss-reactive ketones (excluding diaryl/α,β-unsaturated/α-hetero) is 1. The van der Waals surface area contributed by atoms with Gasteiger partial charge in [-0.15, -0.1) is 0 Å². The Morgan fingerprint density at radius 3 is 1.67 bits per heavy atom. The van der Waals surface area contributed by atoms with Crippen LogP contribution in [0.2, 0.25) is 0 Å². The van der Waals surface area contributed by atoms with Gasteiger partial charge in [-0.3, -0.25) is 28.8 Å². The molecular formula is C82H102F2N8O7. The number of aromatic amines is 3. The SMILES string of the molecule is CC1CC2CCCCC2N1C(=O)CCc1c[nH]c2ccccc12.O=C(CCc1c[nH]c2cccc(F)c12)N1CCCC2CCCCC21.O=C(O)Cn1cc(CCC(=O)N2CCCC3CCCCC32)c2ccccc21.O=C1CCN(C(=O)CCc2c[nH]c3cc(F)ccc23)C2CCCCC12. The number of likely N-dealkylation sites (tertiary alicyclic amines) is 4. The first-order chi connectivity index (χ1) is 48.2. The van der Waals surface area contributed by atoms with E-state index in [2.05, 4.69) is 61.0 Å². The van der Waals surface area contributed by atoms with E-state index in [1.165, 1.54) is 113 Å². The summed E-state index contributed by atoms with van der Waals surface area (Å²) >= 11 is 0. The lowest BCUT2D eigenvalue weighted by atomic mass is 9.77. The van der Waals surface area contributed by atoms with Crippen molar-refractivity contribution in [1.29, 1.82) is 0 Å². The molecule has 8 heterocycles. The van der Waals surface area contributed by atoms with Gasteiger partial charge in [0.05, 0.1) is 0 Å². The Hall–Kier alpha value is -8.08. The van der Waals surface area contributed by atoms with Crippen molar-refractivity contribution in [2.24, 2.45) is 23.7 Å². The zero-order valence-corrected chi connectivity index (χ0v) is 58.0. The van der Waals surface area contributed by atoms with Gasteiger partial charge in [0, 0.05) is 156 Å². The van der Waals surface area contributed by atoms with Crippen LogP contribution in [0.5, 0.6) is 0 Å². The zero-order valence-electron chi connectivity index (χ0n) is 58.0. The van der Waals surface area contributed by atoms with Crippen LogP contribution in [-0.4, -0.2) is 129 Å². The summed E-state index contributed by atoms with van der Waals surface area (Å²) in [4.78, 5) is 92.7. The first-order valence-corrected chi connectivity index (χ1v) is 37.8. The Bertz CT molecular complexity index is 4140. The van der Waals surface area contributed by atoms with Crippen molar-refractivity contribution in [3.8, 4) is 0 Å². The number of fused-ring (bicyclic) bond motifs is 8. The van der Waals surface area contributed by atoms with Gasteiger partial charge in [0.25, 0.3) is 0 Å². The van der Waals surface area contributed by atoms with E-state index in [1.807, 2.05) is 59.9 Å². The van der Waals surface area contributed by atoms with Crippen molar-refractivity contribution in [2.45, 2.75) is 236 Å². The van der Waals surface area contributed by atoms with Gasteiger partial charge in [-0.2, -0.15) is 0 Å². The molecule has 4 aliphatic carbocycles. The molecule has 8 fully saturated rings. The molecule has 526 valence electrons. The average molecular weight is 1350 g/mol. The van der Waals surface area contributed by atoms with Crippen molar-refractivity contribution < 1.29 is 42.7 Å². The van der Waals surface area contributed by atoms with Gasteiger partial charge in [0.2, 0.25) is 23.6 Å². The maximum atomic E-state index is 14.1. The lowest BCUT2D eigenvalue weighted by molar-refractivity contribution is -0.143. The number of carboxylic acid groups (broad SMARTS) is 1. The third-order valence-corrected chi connectivity index (χ3v) is 24.0. The second-order valence-electron chi connectivity index (χ2n) is 30.0. The summed E-state index contributed by atoms with van der Waals surface area (Å²) in [7, 11) is 0. The van der Waals surface area contributed by atoms with Crippen molar-refractivity contribution in [3.63, 3.8) is 0 Å². The zero-order chi connectivity index (χ0) is 68.5. The number of benzene rings is 4. The highest BCUT2D eigenvalue weighted by Crippen LogP contribution is 2.42. The number of halogens is 2. The molecule has 4 amide bonds. The number of carbonyl (C=O) groups excluding carboxylic acids is 5. The molecule has 9 atom stereocenters. The smallest absolute Gasteiger partial charge is 0.323 e. The van der Waals surface area contributed by atoms with Crippen LogP contribution in [0.15, 0.2) is 110 Å². The number of nitrogens with zero attached hydrogens (tertiary/aromatic N) is 5. The fraction of sp³-hybridized carbons (Fsp3) is 0.537. The maximum Gasteiger partial charge on any atom is 0.323 e. The number of H-pyrrole nitrogens is 3. The molecule has 16 rings (SSSR count). The van der Waals surface area contributed by atoms with Gasteiger partial charge >= 0.3 is 5.97 Å². The second-order valence-corrected chi connectivity index (χ2v) is 30.0. The molecule has 15 nitrogen and oxygen atoms in total. The monoisotopic (exact) mass is 1350 g/mol. The lowest BCUT2D eigenvalue weighted by Gasteiger charge is -2.44. The topological polar surface area (TPSA) is 188 Å². The van der Waals surface area contributed by atoms with Crippen molar-refractivity contribution in [2.75, 3.05) is 19.6 Å². The van der Waals surface area contributed by atoms with Gasteiger partial charge in [0.1, 0.15) is 24.0 Å². The Morgan fingerprint density at radius 1 is 0.485 bits per heavy atom. The van der Waals surface area contributed by atoms with Crippen LogP contribution in [0.3, 0.4) is 0 Å². The lowest BCUT2D eigenvalue weighted by Crippen LogP contribution is -2.53. The fourth-order valence-electron chi connectivity index (χ4n) is 19.2. The summed E-state index contributed by atoms with van der Waals surface area (Å²) in [6, 6.07) is 27.9. The third-order valence-electron chi connectivity index (χ3n) is 24.0. The highest BCUT2D eigenvalue weighted by molar-refractivity contribution is 5.89. The summed E-state index contributed by atoms with van der Waals surface area (Å²) in [5, 5.41) is 13.1. The number of ketones is 1. The fourth-order valence-corrected chi connectivity index (χ4v) is 19.2. The predicted molar refractivity (Wildman–Crippen MR) is 385 cm³/mol. The van der Waals surface area contributed by atoms with Crippen LogP contribution in [0.25, 0.3) is 43.6 Å². The number of piperidine rings is 3. The molecule has 0 radical (unpaired) electrons. The van der Waals surface area contributed by atoms with Gasteiger partial charge < -0.3 is 44.2 Å². The third kappa shape index (κ3) is 15.9. The number of para-hydroxylation sites is 2. The molecule has 9 unspecified atom stereocenters. The van der Waals surface area contributed by atoms with Crippen molar-refractivity contribution >= 4 is 79.0 Å². The largest absolute Gasteiger partial charge is 0.480 e. The number of hydrogen-bond acceptors (Lipinski definition) is 6. The molecule has 4 saturated carbocycles. The van der Waals surface area contributed by atoms with E-state index in [1.54, 1.807) is 16.7 Å². The molecule has 4 saturated heterocycles. The van der Waals surface area contributed by atoms with Crippen LogP contribution in [-0.2, 0) is 61.0 Å². The van der Waals surface area contributed by atoms with Crippen LogP contribution >= 0.6 is 0 Å². The van der Waals surface area contributed by atoms with Crippen LogP contribution in [0.4, 0.5) is 8.78 Å². The van der Waals surface area contributed by atoms with Crippen LogP contribution in [0, 0.1) is 35.3 Å². The van der Waals surface area contributed by atoms with Crippen LogP contribution < -0.4 is 0 Å². The Labute approximate surface area is 581 Å². The molecule has 8 aromatic rings. The minimum Gasteiger partial charge on any atom is -0.480 e. The number of hydrogen-bond donors (Lipinski definition) is 4. The van der Waals surface area contributed by atoms with Crippen LogP contribution in [0.1, 0.15) is 196 Å². The molecule has 17 heteroatoms. The summed E-state index contributed by atoms with van der Waals surface area (Å²) in [5.74, 6) is 2.26. The number of carbonyl (C=O) groups is 6. The number of aryl methyl sites for hydroxylation is 4. The van der Waals surface area contributed by atoms with Crippen molar-refractivity contribution in [1.82, 2.24) is 39.1 Å². The predicted octanol–water partition coefficient (Wildman–Crippen LogP) is 16.1. The van der Waals surface area contributed by atoms with E-state index >= 15 is 0 Å². The first kappa shape index (κ1) is 69.4. The quantitative estimate of drug-likeness (QED) is 0.0833. The first-order valence-electron chi connectivity index (χ1n) is 37.8. The van der Waals surface area contributed by atoms with Gasteiger partial charge in [-0.05, 0) is 199 Å². The van der Waals surface area contributed by atoms with Gasteiger partial charge in [-0.1, -0.05) is 93.8 Å². The maximum absolute atomic E-state index is 14.1. The summed E-state index contributed by atoms with van der Waals surface area (Å²) in [6.45, 7) is 4.56. The number of amides is 4. The normalized spacial score (nSPS) is 24.4. The molecule has 0 spiro atoms. The minimum atomic E-state index is -0.852. The van der Waals surface area contributed by atoms with E-state index in [0.717, 1.165) is 126 Å². The van der Waals surface area contributed by atoms with E-state index in [9.17, 15) is 37.5 Å². The second kappa shape index (κ2) is 32.1. The van der Waals surface area contributed by atoms with E-state index in [-0.39, 0.29) is 47.9 Å². The summed E-state index contributed by atoms with van der Waals surface area (Å²) < 4.78 is 29.1. The van der Waals surface area contributed by atoms with Crippen molar-refractivity contribution in [3.05, 3.63) is 144 Å². The highest BCUT2D eigenvalue weighted by Gasteiger charge is 2.43. The van der Waals surface area contributed by atoms with Gasteiger partial charge in [0.15, 0.2) is 0 Å². The number of nitrogens with one attached hydrogen (secondary N) is 3. The average Bonchev–Trinajstić information content (AvgIpc) is 1.40. The number of aliphatic carboxylic acids is 1. The number of carboxylic acids is 1. The molecule has 8 aliphatic rings. The molecule has 4 N–H and O–H groups in total. The molecule has 99 heavy (non-hydrogen) atoms. The summed E-state index contributed by atoms with van der Waals surface area (Å²) in [6.07, 6.45) is 38.3. The Kier molecular flexibility index (Phi) is 22.5. The highest BCUT2D eigenvalue weighted by atomic mass is 19.1. The van der Waals surface area contributed by atoms with E-state index in [4.69, 9.17) is 5.11 Å². The molecule has 4 aromatic heterocycles. The van der Waals surface area contributed by atoms with E-state index in [0.29, 0.717) is 111 Å². The minimum absolute atomic E-state index is 0.0513. The van der Waals surface area contributed by atoms with Gasteiger partial charge in [-0.25, -0.2) is 8.78 Å². The number of aromatic nitrogens is 4. The number of rotatable bonds is 14. The molecule has 4 aromatic carbocycles. The Balaban J connectivity index is 0.000000119. The molecular weight excluding hydrogens is 1250 g/mol. The standard InChI is InChI=1S/C22H28N2O3.C20H23FN2O2.C20H25FN2O.C20H26N2O/c25-21(24-13-5-7-16-6-1-3-9-19(16)24)12-11-17-14-23(15-22(26)27)20-10-4-2-8-18(17)20;21-14-6-7-15-13(12-22-17(15)11-14)5-8-20(25)23-10-9-19(24)16-3-1-2-4-18(16)23;21-16-7-3-8-17-20(16)15(13-22-17)10-11-19(24)23-12-4-6-14-5-1-2-9-18(14)23;1-14-12-15-6-2-5-9-19(15)22(14)20(23)11-10-16-13-21-18-8-4-3-7-17(16)18/h2,4,8,10,14,16,19H,1,3,5-7,9,11-13,15H2,(H,26,27);6-7,11-12,16,18,22H,1-5,8-10H2;3,7-8,13-14,18,22H,1-2,4-6,9-12H2;3-4,7-8,13-15,19,21H,2,5-6,9-12H2,1H3. The Morgan fingerprint density at radius 2 is 0.990 bits per heavy atom. The molecule has 0 bridgehead atoms. The summed E-state index contributed by atoms with van der Waals surface area (Å²) in [5.41, 5.74) is 7.94. The van der Waals surface area contributed by atoms with E-state index < -0.39 is 5.97 Å².